The van der Waals surface area contributed by atoms with Crippen molar-refractivity contribution in [2.75, 3.05) is 9.80 Å². The molecule has 0 aromatic heterocycles. The molecular formula is C111H86FN3Si2. The first-order valence-electron chi connectivity index (χ1n) is 40.9. The Hall–Kier alpha value is -13.5. The van der Waals surface area contributed by atoms with E-state index >= 15 is 4.39 Å². The van der Waals surface area contributed by atoms with E-state index in [0.29, 0.717) is 11.3 Å². The maximum atomic E-state index is 21.7. The van der Waals surface area contributed by atoms with Gasteiger partial charge in [0.05, 0.1) is 11.4 Å². The first-order chi connectivity index (χ1) is 57.4. The summed E-state index contributed by atoms with van der Waals surface area (Å²) in [5, 5.41) is 23.1. The van der Waals surface area contributed by atoms with Crippen LogP contribution >= 0.6 is 0 Å². The summed E-state index contributed by atoms with van der Waals surface area (Å²) in [7, 11) is -7.20. The fraction of sp³-hybridized carbons (Fsp3) is 0.0901. The van der Waals surface area contributed by atoms with E-state index in [0.717, 1.165) is 146 Å². The number of benzene rings is 15. The standard InChI is InChI=1S/C111H86FN3Si2/c1-7-9-37-75(8-2)81-56-62-91-92-63-57-82(76-38-19-10-20-39-76)69-95(92)111(94(91)68-81)109(3,4)104-105(110(111,5)6)108(115-98-66-60-85(79-44-25-13-26-45-79)72-102(98)117(89-52-33-17-34-53-89,90-54-35-18-36-55-90)103-73-86(61-67-99(103)115)80-46-27-14-28-47-80)107(93(74-113)106(104)112)114-96-64-58-83(77-40-21-11-22-41-77)70-100(96)116(87-48-29-15-30-49-87,88-50-31-16-32-51-88)101-71-84(59-65-97(101)114)78-42-23-12-24-43-78/h7-31,33-50,52-73H,1,32,51H2,2-6H3. The maximum Gasteiger partial charge on any atom is 0.184 e. The van der Waals surface area contributed by atoms with Crippen LogP contribution in [0.2, 0.25) is 0 Å². The Labute approximate surface area is 688 Å². The third-order valence-corrected chi connectivity index (χ3v) is 36.3. The van der Waals surface area contributed by atoms with E-state index in [4.69, 9.17) is 0 Å². The molecule has 2 heterocycles. The Morgan fingerprint density at radius 3 is 1.16 bits per heavy atom. The molecule has 0 fully saturated rings. The number of allylic oxidation sites excluding steroid dienone is 9. The van der Waals surface area contributed by atoms with Crippen molar-refractivity contribution >= 4 is 92.2 Å². The van der Waals surface area contributed by atoms with Gasteiger partial charge in [-0.1, -0.05) is 397 Å². The third-order valence-electron chi connectivity index (χ3n) is 26.5. The van der Waals surface area contributed by atoms with Gasteiger partial charge in [0.15, 0.2) is 16.1 Å². The summed E-state index contributed by atoms with van der Waals surface area (Å²) >= 11 is 0. The lowest BCUT2D eigenvalue weighted by molar-refractivity contribution is 0.229. The minimum absolute atomic E-state index is 0.0318. The molecule has 1 spiro atoms. The predicted octanol–water partition coefficient (Wildman–Crippen LogP) is 23.9. The van der Waals surface area contributed by atoms with Crippen molar-refractivity contribution in [3.05, 3.63) is 445 Å². The minimum atomic E-state index is -3.64. The van der Waals surface area contributed by atoms with Gasteiger partial charge in [-0.3, -0.25) is 0 Å². The molecule has 2 aliphatic heterocycles. The van der Waals surface area contributed by atoms with Gasteiger partial charge in [-0.15, -0.1) is 0 Å². The number of anilines is 6. The summed E-state index contributed by atoms with van der Waals surface area (Å²) in [6, 6.07) is 133. The molecule has 0 saturated heterocycles. The molecule has 3 nitrogen and oxygen atoms in total. The zero-order valence-corrected chi connectivity index (χ0v) is 68.4. The molecule has 1 atom stereocenters. The Morgan fingerprint density at radius 1 is 0.410 bits per heavy atom. The van der Waals surface area contributed by atoms with Crippen molar-refractivity contribution in [2.24, 2.45) is 0 Å². The molecule has 0 amide bonds. The van der Waals surface area contributed by atoms with Gasteiger partial charge in [-0.2, -0.15) is 5.26 Å². The van der Waals surface area contributed by atoms with Crippen LogP contribution in [0, 0.1) is 17.1 Å². The van der Waals surface area contributed by atoms with Crippen LogP contribution in [0.5, 0.6) is 0 Å². The van der Waals surface area contributed by atoms with E-state index in [-0.39, 0.29) is 5.56 Å². The highest BCUT2D eigenvalue weighted by atomic mass is 28.3. The van der Waals surface area contributed by atoms with E-state index in [1.807, 2.05) is 12.2 Å². The fourth-order valence-corrected chi connectivity index (χ4v) is 32.4. The van der Waals surface area contributed by atoms with Crippen LogP contribution in [0.4, 0.5) is 38.5 Å². The Balaban J connectivity index is 1.01. The van der Waals surface area contributed by atoms with Crippen LogP contribution in [0.3, 0.4) is 0 Å². The molecule has 15 aromatic carbocycles. The fourth-order valence-electron chi connectivity index (χ4n) is 21.8. The summed E-state index contributed by atoms with van der Waals surface area (Å²) in [5.41, 5.74) is 20.3. The van der Waals surface area contributed by atoms with E-state index in [1.54, 1.807) is 0 Å². The van der Waals surface area contributed by atoms with Crippen molar-refractivity contribution < 1.29 is 4.39 Å². The summed E-state index contributed by atoms with van der Waals surface area (Å²) in [6.45, 7) is 15.7. The van der Waals surface area contributed by atoms with Crippen molar-refractivity contribution in [1.29, 1.82) is 5.26 Å². The summed E-state index contributed by atoms with van der Waals surface area (Å²) in [5.74, 6) is -0.523. The molecule has 1 unspecified atom stereocenters. The minimum Gasteiger partial charge on any atom is -0.308 e. The Morgan fingerprint density at radius 2 is 0.769 bits per heavy atom. The third kappa shape index (κ3) is 10.7. The highest BCUT2D eigenvalue weighted by Gasteiger charge is 2.70. The lowest BCUT2D eigenvalue weighted by atomic mass is 9.52. The molecule has 0 radical (unpaired) electrons. The monoisotopic (exact) mass is 1540 g/mol. The molecule has 6 heteroatoms. The van der Waals surface area contributed by atoms with Gasteiger partial charge in [-0.05, 0) is 187 Å². The smallest absolute Gasteiger partial charge is 0.184 e. The summed E-state index contributed by atoms with van der Waals surface area (Å²) in [6.07, 6.45) is 16.9. The molecule has 0 N–H and O–H groups in total. The molecule has 5 aliphatic rings. The van der Waals surface area contributed by atoms with Crippen LogP contribution in [-0.2, 0) is 16.2 Å². The molecule has 560 valence electrons. The van der Waals surface area contributed by atoms with Crippen LogP contribution in [-0.4, -0.2) is 16.1 Å². The molecule has 3 aliphatic carbocycles. The summed E-state index contributed by atoms with van der Waals surface area (Å²) in [4.78, 5) is 4.98. The molecule has 117 heavy (non-hydrogen) atoms. The molecule has 15 aromatic rings. The molecular weight excluding hydrogens is 1450 g/mol. The van der Waals surface area contributed by atoms with Gasteiger partial charge in [-0.25, -0.2) is 4.39 Å². The second-order valence-electron chi connectivity index (χ2n) is 32.8. The quantitative estimate of drug-likeness (QED) is 0.0803. The van der Waals surface area contributed by atoms with E-state index in [2.05, 4.69) is 439 Å². The normalized spacial score (nSPS) is 16.6. The number of hydrogen-bond acceptors (Lipinski definition) is 3. The Bertz CT molecular complexity index is 6440. The number of nitriles is 1. The zero-order chi connectivity index (χ0) is 79.4. The maximum absolute atomic E-state index is 21.7. The van der Waals surface area contributed by atoms with Crippen molar-refractivity contribution in [3.63, 3.8) is 0 Å². The molecule has 0 bridgehead atoms. The van der Waals surface area contributed by atoms with Gasteiger partial charge in [0.25, 0.3) is 0 Å². The van der Waals surface area contributed by atoms with E-state index in [1.165, 1.54) is 31.1 Å². The first kappa shape index (κ1) is 72.4. The predicted molar refractivity (Wildman–Crippen MR) is 494 cm³/mol. The van der Waals surface area contributed by atoms with Crippen LogP contribution in [0.1, 0.15) is 80.8 Å². The van der Waals surface area contributed by atoms with Gasteiger partial charge in [0, 0.05) is 44.6 Å². The number of hydrogen-bond donors (Lipinski definition) is 0. The van der Waals surface area contributed by atoms with Gasteiger partial charge in [0.2, 0.25) is 0 Å². The molecule has 20 rings (SSSR count). The number of halogens is 1. The topological polar surface area (TPSA) is 30.3 Å². The largest absolute Gasteiger partial charge is 0.308 e. The Kier molecular flexibility index (Phi) is 17.6. The van der Waals surface area contributed by atoms with Crippen LogP contribution in [0.15, 0.2) is 406 Å². The number of fused-ring (bicyclic) bond motifs is 10. The lowest BCUT2D eigenvalue weighted by Gasteiger charge is -2.51. The van der Waals surface area contributed by atoms with Crippen molar-refractivity contribution in [3.8, 4) is 72.8 Å². The van der Waals surface area contributed by atoms with Gasteiger partial charge < -0.3 is 9.80 Å². The average molecular weight is 1540 g/mol. The van der Waals surface area contributed by atoms with Crippen LogP contribution < -0.4 is 46.1 Å². The second-order valence-corrected chi connectivity index (χ2v) is 40.3. The SMILES string of the molecule is C=CC=CC(=CC)c1ccc2c(c1)C1(c3cc(-c4ccccc4)ccc3-2)C(C)(C)c2c(F)c(C#N)c(N3c4ccc(-c5ccccc5)cc4[Si](C4=CC=CCC4)(c4ccccc4)c4cc(-c5ccccc5)ccc43)c(N3c4ccc(-c5ccccc5)cc4[Si](c4ccccc4)(c4ccccc4)c4cc(-c5ccccc5)ccc43)c2C1(C)C. The highest BCUT2D eigenvalue weighted by Crippen LogP contribution is 2.74. The first-order valence-corrected chi connectivity index (χ1v) is 44.9. The van der Waals surface area contributed by atoms with E-state index in [9.17, 15) is 5.26 Å². The average Bonchev–Trinajstić information content (AvgIpc) is 1.49. The number of nitrogens with zero attached hydrogens (tertiary/aromatic N) is 3. The highest BCUT2D eigenvalue weighted by molar-refractivity contribution is 7.21. The lowest BCUT2D eigenvalue weighted by Crippen LogP contribution is -2.77. The summed E-state index contributed by atoms with van der Waals surface area (Å²) < 4.78 is 21.7. The zero-order valence-electron chi connectivity index (χ0n) is 66.4. The second kappa shape index (κ2) is 28.5. The van der Waals surface area contributed by atoms with Gasteiger partial charge >= 0.3 is 0 Å². The van der Waals surface area contributed by atoms with Crippen molar-refractivity contribution in [1.82, 2.24) is 0 Å². The van der Waals surface area contributed by atoms with Crippen LogP contribution in [0.25, 0.3) is 72.3 Å². The van der Waals surface area contributed by atoms with E-state index < -0.39 is 38.2 Å². The molecule has 0 saturated carbocycles. The number of rotatable bonds is 14. The van der Waals surface area contributed by atoms with Gasteiger partial charge in [0.1, 0.15) is 17.4 Å². The van der Waals surface area contributed by atoms with Crippen molar-refractivity contribution in [2.45, 2.75) is 63.7 Å².